The highest BCUT2D eigenvalue weighted by molar-refractivity contribution is 5.37. The highest BCUT2D eigenvalue weighted by Crippen LogP contribution is 2.36. The predicted octanol–water partition coefficient (Wildman–Crippen LogP) is 9.38. The summed E-state index contributed by atoms with van der Waals surface area (Å²) in [5.74, 6) is 0. The molecule has 0 N–H and O–H groups in total. The molecule has 0 radical (unpaired) electrons. The highest BCUT2D eigenvalue weighted by Gasteiger charge is 2.31. The van der Waals surface area contributed by atoms with Gasteiger partial charge < -0.3 is 9.47 Å². The van der Waals surface area contributed by atoms with Crippen molar-refractivity contribution in [2.24, 2.45) is 0 Å². The zero-order valence-corrected chi connectivity index (χ0v) is 25.9. The Morgan fingerprint density at radius 2 is 1.07 bits per heavy atom. The summed E-state index contributed by atoms with van der Waals surface area (Å²) >= 11 is 0. The van der Waals surface area contributed by atoms with Crippen LogP contribution >= 0.6 is 0 Å². The van der Waals surface area contributed by atoms with Gasteiger partial charge in [-0.2, -0.15) is 0 Å². The first-order chi connectivity index (χ1) is 20.5. The summed E-state index contributed by atoms with van der Waals surface area (Å²) in [6, 6.07) is 34.8. The van der Waals surface area contributed by atoms with Crippen LogP contribution in [0.15, 0.2) is 97.1 Å². The van der Waals surface area contributed by atoms with Gasteiger partial charge in [0.05, 0.1) is 25.4 Å². The molecule has 0 saturated carbocycles. The van der Waals surface area contributed by atoms with Gasteiger partial charge in [0.2, 0.25) is 0 Å². The number of rotatable bonds is 12. The number of likely N-dealkylation sites (tertiary alicyclic amines) is 1. The number of piperidine rings is 1. The summed E-state index contributed by atoms with van der Waals surface area (Å²) in [6.07, 6.45) is 4.72. The molecule has 1 heterocycles. The Morgan fingerprint density at radius 3 is 1.60 bits per heavy atom. The van der Waals surface area contributed by atoms with Crippen LogP contribution in [0.2, 0.25) is 0 Å². The van der Waals surface area contributed by atoms with Gasteiger partial charge in [-0.05, 0) is 98.0 Å². The minimum absolute atomic E-state index is 0.0101. The van der Waals surface area contributed by atoms with Crippen molar-refractivity contribution in [3.63, 3.8) is 0 Å². The number of hydrogen-bond acceptors (Lipinski definition) is 3. The Kier molecular flexibility index (Phi) is 10.6. The molecule has 3 unspecified atom stereocenters. The van der Waals surface area contributed by atoms with Gasteiger partial charge >= 0.3 is 0 Å². The second-order valence-electron chi connectivity index (χ2n) is 12.1. The molecule has 3 nitrogen and oxygen atoms in total. The second-order valence-corrected chi connectivity index (χ2v) is 12.1. The van der Waals surface area contributed by atoms with E-state index in [2.05, 4.69) is 130 Å². The molecule has 3 atom stereocenters. The van der Waals surface area contributed by atoms with Crippen LogP contribution in [0.1, 0.15) is 82.4 Å². The Hall–Kier alpha value is -3.24. The first-order valence-electron chi connectivity index (χ1n) is 15.7. The van der Waals surface area contributed by atoms with E-state index in [9.17, 15) is 0 Å². The molecule has 0 aromatic heterocycles. The summed E-state index contributed by atoms with van der Waals surface area (Å²) in [7, 11) is 0. The minimum atomic E-state index is 0.0101. The van der Waals surface area contributed by atoms with Crippen LogP contribution in [0.3, 0.4) is 0 Å². The number of ether oxygens (including phenoxy) is 2. The topological polar surface area (TPSA) is 21.7 Å². The standard InChI is InChI=1S/C39H47NO2/c1-29-15-13-16-30(2)38(29)36(41-27-33-19-7-5-8-20-33)25-35-23-11-12-24-40(35)26-37(39-31(3)17-14-18-32(39)4)42-28-34-21-9-6-10-22-34/h5-10,13-22,35-37H,11-12,23-28H2,1-4H3. The number of benzene rings is 4. The minimum Gasteiger partial charge on any atom is -0.369 e. The SMILES string of the molecule is Cc1cccc(C)c1C(CC1CCCCN1CC(OCc1ccccc1)c1c(C)cccc1C)OCc1ccccc1. The number of nitrogens with zero attached hydrogens (tertiary/aromatic N) is 1. The van der Waals surface area contributed by atoms with Gasteiger partial charge in [-0.15, -0.1) is 0 Å². The smallest absolute Gasteiger partial charge is 0.0961 e. The molecule has 0 spiro atoms. The number of aryl methyl sites for hydroxylation is 4. The van der Waals surface area contributed by atoms with E-state index < -0.39 is 0 Å². The maximum absolute atomic E-state index is 6.80. The van der Waals surface area contributed by atoms with Crippen molar-refractivity contribution in [1.29, 1.82) is 0 Å². The van der Waals surface area contributed by atoms with Crippen LogP contribution in [-0.2, 0) is 22.7 Å². The molecule has 1 saturated heterocycles. The van der Waals surface area contributed by atoms with Crippen molar-refractivity contribution < 1.29 is 9.47 Å². The molecule has 1 aliphatic rings. The van der Waals surface area contributed by atoms with Gasteiger partial charge in [-0.1, -0.05) is 103 Å². The lowest BCUT2D eigenvalue weighted by atomic mass is 9.89. The van der Waals surface area contributed by atoms with Crippen molar-refractivity contribution in [3.05, 3.63) is 142 Å². The fourth-order valence-electron chi connectivity index (χ4n) is 6.74. The van der Waals surface area contributed by atoms with Crippen molar-refractivity contribution in [3.8, 4) is 0 Å². The third kappa shape index (κ3) is 7.77. The summed E-state index contributed by atoms with van der Waals surface area (Å²) in [4.78, 5) is 2.71. The maximum Gasteiger partial charge on any atom is 0.0961 e. The average molecular weight is 562 g/mol. The molecular weight excluding hydrogens is 514 g/mol. The Morgan fingerprint density at radius 1 is 0.595 bits per heavy atom. The second kappa shape index (κ2) is 14.8. The Labute approximate surface area is 253 Å². The molecule has 1 aliphatic heterocycles. The first kappa shape index (κ1) is 30.2. The van der Waals surface area contributed by atoms with Gasteiger partial charge in [-0.25, -0.2) is 0 Å². The molecule has 3 heteroatoms. The van der Waals surface area contributed by atoms with Gasteiger partial charge in [0.25, 0.3) is 0 Å². The molecule has 5 rings (SSSR count). The van der Waals surface area contributed by atoms with Gasteiger partial charge in [-0.3, -0.25) is 4.90 Å². The summed E-state index contributed by atoms with van der Waals surface area (Å²) in [6.45, 7) is 12.1. The molecule has 0 amide bonds. The molecule has 4 aromatic rings. The fourth-order valence-corrected chi connectivity index (χ4v) is 6.74. The predicted molar refractivity (Wildman–Crippen MR) is 174 cm³/mol. The third-order valence-electron chi connectivity index (χ3n) is 8.95. The lowest BCUT2D eigenvalue weighted by molar-refractivity contribution is -0.0259. The molecule has 220 valence electrons. The zero-order chi connectivity index (χ0) is 29.3. The van der Waals surface area contributed by atoms with Crippen molar-refractivity contribution in [2.75, 3.05) is 13.1 Å². The highest BCUT2D eigenvalue weighted by atomic mass is 16.5. The van der Waals surface area contributed by atoms with Crippen LogP contribution in [0.4, 0.5) is 0 Å². The van der Waals surface area contributed by atoms with Gasteiger partial charge in [0.15, 0.2) is 0 Å². The van der Waals surface area contributed by atoms with Crippen LogP contribution in [0, 0.1) is 27.7 Å². The monoisotopic (exact) mass is 561 g/mol. The first-order valence-corrected chi connectivity index (χ1v) is 15.7. The third-order valence-corrected chi connectivity index (χ3v) is 8.95. The number of hydrogen-bond donors (Lipinski definition) is 0. The summed E-state index contributed by atoms with van der Waals surface area (Å²) in [5.41, 5.74) is 10.4. The molecule has 4 aromatic carbocycles. The lowest BCUT2D eigenvalue weighted by Crippen LogP contribution is -2.43. The van der Waals surface area contributed by atoms with E-state index >= 15 is 0 Å². The Balaban J connectivity index is 1.40. The molecule has 0 aliphatic carbocycles. The van der Waals surface area contributed by atoms with Crippen molar-refractivity contribution >= 4 is 0 Å². The van der Waals surface area contributed by atoms with E-state index in [1.54, 1.807) is 0 Å². The summed E-state index contributed by atoms with van der Waals surface area (Å²) in [5, 5.41) is 0. The lowest BCUT2D eigenvalue weighted by Gasteiger charge is -2.40. The fraction of sp³-hybridized carbons (Fsp3) is 0.385. The zero-order valence-electron chi connectivity index (χ0n) is 25.9. The van der Waals surface area contributed by atoms with Crippen LogP contribution < -0.4 is 0 Å². The van der Waals surface area contributed by atoms with Crippen LogP contribution in [-0.4, -0.2) is 24.0 Å². The van der Waals surface area contributed by atoms with Crippen LogP contribution in [0.5, 0.6) is 0 Å². The van der Waals surface area contributed by atoms with Gasteiger partial charge in [0, 0.05) is 12.6 Å². The molecular formula is C39H47NO2. The molecule has 42 heavy (non-hydrogen) atoms. The quantitative estimate of drug-likeness (QED) is 0.172. The van der Waals surface area contributed by atoms with E-state index in [-0.39, 0.29) is 12.2 Å². The Bertz CT molecular complexity index is 1250. The van der Waals surface area contributed by atoms with E-state index in [1.165, 1.54) is 63.8 Å². The van der Waals surface area contributed by atoms with Gasteiger partial charge in [0.1, 0.15) is 0 Å². The van der Waals surface area contributed by atoms with E-state index in [0.29, 0.717) is 19.3 Å². The van der Waals surface area contributed by atoms with Crippen molar-refractivity contribution in [2.45, 2.75) is 84.8 Å². The van der Waals surface area contributed by atoms with Crippen molar-refractivity contribution in [1.82, 2.24) is 4.90 Å². The van der Waals surface area contributed by atoms with Crippen LogP contribution in [0.25, 0.3) is 0 Å². The maximum atomic E-state index is 6.80. The van der Waals surface area contributed by atoms with E-state index in [4.69, 9.17) is 9.47 Å². The van der Waals surface area contributed by atoms with E-state index in [1.807, 2.05) is 0 Å². The normalized spacial score (nSPS) is 17.2. The largest absolute Gasteiger partial charge is 0.369 e. The average Bonchev–Trinajstić information content (AvgIpc) is 3.00. The molecule has 1 fully saturated rings. The van der Waals surface area contributed by atoms with E-state index in [0.717, 1.165) is 19.5 Å². The molecule has 0 bridgehead atoms. The summed E-state index contributed by atoms with van der Waals surface area (Å²) < 4.78 is 13.6.